The number of nitrogens with one attached hydrogen (secondary N) is 1. The summed E-state index contributed by atoms with van der Waals surface area (Å²) in [6.07, 6.45) is 5.16. The van der Waals surface area contributed by atoms with E-state index in [4.69, 9.17) is 0 Å². The van der Waals surface area contributed by atoms with Crippen LogP contribution in [0.25, 0.3) is 0 Å². The van der Waals surface area contributed by atoms with E-state index in [0.717, 1.165) is 13.1 Å². The summed E-state index contributed by atoms with van der Waals surface area (Å²) in [6, 6.07) is 8.71. The van der Waals surface area contributed by atoms with Crippen LogP contribution in [0.2, 0.25) is 0 Å². The summed E-state index contributed by atoms with van der Waals surface area (Å²) in [7, 11) is 1.95. The third-order valence-electron chi connectivity index (χ3n) is 3.17. The monoisotopic (exact) mass is 259 g/mol. The van der Waals surface area contributed by atoms with Gasteiger partial charge in [-0.1, -0.05) is 18.2 Å². The van der Waals surface area contributed by atoms with Crippen LogP contribution in [0.5, 0.6) is 0 Å². The van der Waals surface area contributed by atoms with Crippen LogP contribution in [0.1, 0.15) is 11.1 Å². The summed E-state index contributed by atoms with van der Waals surface area (Å²) in [5.74, 6) is 0. The summed E-state index contributed by atoms with van der Waals surface area (Å²) in [4.78, 5) is 1.45. The fraction of sp³-hybridized carbons (Fsp3) is 0.357. The summed E-state index contributed by atoms with van der Waals surface area (Å²) in [6.45, 7) is 1.95. The molecule has 0 bridgehead atoms. The molecule has 1 atom stereocenters. The minimum Gasteiger partial charge on any atom is -0.311 e. The summed E-state index contributed by atoms with van der Waals surface area (Å²) in [5.41, 5.74) is 2.74. The van der Waals surface area contributed by atoms with Crippen molar-refractivity contribution in [2.24, 2.45) is 7.05 Å². The Hall–Kier alpha value is -1.26. The molecule has 0 spiro atoms. The predicted octanol–water partition coefficient (Wildman–Crippen LogP) is 2.23. The molecule has 0 radical (unpaired) electrons. The molecule has 2 heterocycles. The first-order valence-electron chi connectivity index (χ1n) is 6.24. The van der Waals surface area contributed by atoms with Gasteiger partial charge >= 0.3 is 0 Å². The Morgan fingerprint density at radius 1 is 1.44 bits per heavy atom. The number of hydrogen-bond donors (Lipinski definition) is 1. The normalized spacial score (nSPS) is 17.9. The van der Waals surface area contributed by atoms with E-state index in [1.165, 1.54) is 22.4 Å². The first kappa shape index (κ1) is 11.8. The van der Waals surface area contributed by atoms with Gasteiger partial charge < -0.3 is 5.32 Å². The van der Waals surface area contributed by atoms with Gasteiger partial charge in [-0.05, 0) is 18.1 Å². The Bertz CT molecular complexity index is 510. The smallest absolute Gasteiger partial charge is 0.0534 e. The lowest BCUT2D eigenvalue weighted by molar-refractivity contribution is 0.664. The molecular weight excluding hydrogens is 242 g/mol. The van der Waals surface area contributed by atoms with Crippen molar-refractivity contribution in [3.63, 3.8) is 0 Å². The van der Waals surface area contributed by atoms with Gasteiger partial charge in [0.1, 0.15) is 0 Å². The summed E-state index contributed by atoms with van der Waals surface area (Å²) in [5, 5.41) is 8.35. The quantitative estimate of drug-likeness (QED) is 0.913. The highest BCUT2D eigenvalue weighted by Gasteiger charge is 2.20. The lowest BCUT2D eigenvalue weighted by atomic mass is 10.1. The number of rotatable bonds is 4. The zero-order valence-electron chi connectivity index (χ0n) is 10.5. The van der Waals surface area contributed by atoms with Crippen LogP contribution < -0.4 is 5.32 Å². The van der Waals surface area contributed by atoms with Crippen LogP contribution in [0, 0.1) is 0 Å². The fourth-order valence-corrected chi connectivity index (χ4v) is 3.59. The highest BCUT2D eigenvalue weighted by atomic mass is 32.2. The SMILES string of the molecule is Cn1cc(CNCC2Cc3ccccc3S2)cn1. The van der Waals surface area contributed by atoms with Crippen molar-refractivity contribution in [2.45, 2.75) is 23.1 Å². The first-order chi connectivity index (χ1) is 8.81. The van der Waals surface area contributed by atoms with E-state index in [0.29, 0.717) is 5.25 Å². The maximum Gasteiger partial charge on any atom is 0.0534 e. The van der Waals surface area contributed by atoms with Crippen molar-refractivity contribution < 1.29 is 0 Å². The summed E-state index contributed by atoms with van der Waals surface area (Å²) >= 11 is 1.99. The molecule has 0 amide bonds. The zero-order valence-corrected chi connectivity index (χ0v) is 11.3. The largest absolute Gasteiger partial charge is 0.311 e. The van der Waals surface area contributed by atoms with E-state index >= 15 is 0 Å². The van der Waals surface area contributed by atoms with Crippen molar-refractivity contribution >= 4 is 11.8 Å². The van der Waals surface area contributed by atoms with E-state index in [1.54, 1.807) is 0 Å². The Morgan fingerprint density at radius 2 is 2.33 bits per heavy atom. The van der Waals surface area contributed by atoms with Crippen molar-refractivity contribution in [2.75, 3.05) is 6.54 Å². The van der Waals surface area contributed by atoms with E-state index in [-0.39, 0.29) is 0 Å². The van der Waals surface area contributed by atoms with E-state index in [9.17, 15) is 0 Å². The number of fused-ring (bicyclic) bond motifs is 1. The standard InChI is InChI=1S/C14H17N3S/c1-17-10-11(8-16-17)7-15-9-13-6-12-4-2-3-5-14(12)18-13/h2-5,8,10,13,15H,6-7,9H2,1H3. The average molecular weight is 259 g/mol. The van der Waals surface area contributed by atoms with Gasteiger partial charge in [-0.2, -0.15) is 5.10 Å². The van der Waals surface area contributed by atoms with E-state index < -0.39 is 0 Å². The van der Waals surface area contributed by atoms with Crippen molar-refractivity contribution in [1.82, 2.24) is 15.1 Å². The van der Waals surface area contributed by atoms with Gasteiger partial charge in [0.25, 0.3) is 0 Å². The highest BCUT2D eigenvalue weighted by Crippen LogP contribution is 2.36. The molecule has 1 N–H and O–H groups in total. The first-order valence-corrected chi connectivity index (χ1v) is 7.12. The van der Waals surface area contributed by atoms with Gasteiger partial charge in [0, 0.05) is 42.0 Å². The van der Waals surface area contributed by atoms with Crippen LogP contribution in [0.15, 0.2) is 41.6 Å². The van der Waals surface area contributed by atoms with Gasteiger partial charge in [-0.3, -0.25) is 4.68 Å². The number of aromatic nitrogens is 2. The van der Waals surface area contributed by atoms with E-state index in [2.05, 4.69) is 40.9 Å². The molecule has 4 heteroatoms. The van der Waals surface area contributed by atoms with Gasteiger partial charge in [0.2, 0.25) is 0 Å². The Morgan fingerprint density at radius 3 is 3.11 bits per heavy atom. The number of benzene rings is 1. The Kier molecular flexibility index (Phi) is 3.39. The number of aryl methyl sites for hydroxylation is 1. The molecular formula is C14H17N3S. The fourth-order valence-electron chi connectivity index (χ4n) is 2.31. The maximum absolute atomic E-state index is 4.17. The third kappa shape index (κ3) is 2.60. The molecule has 1 aliphatic rings. The number of nitrogens with zero attached hydrogens (tertiary/aromatic N) is 2. The number of thioether (sulfide) groups is 1. The van der Waals surface area contributed by atoms with Gasteiger partial charge in [-0.15, -0.1) is 11.8 Å². The molecule has 18 heavy (non-hydrogen) atoms. The topological polar surface area (TPSA) is 29.9 Å². The maximum atomic E-state index is 4.17. The molecule has 1 aromatic carbocycles. The van der Waals surface area contributed by atoms with Crippen molar-refractivity contribution in [1.29, 1.82) is 0 Å². The van der Waals surface area contributed by atoms with Gasteiger partial charge in [0.15, 0.2) is 0 Å². The van der Waals surface area contributed by atoms with Gasteiger partial charge in [-0.25, -0.2) is 0 Å². The van der Waals surface area contributed by atoms with Gasteiger partial charge in [0.05, 0.1) is 6.20 Å². The Balaban J connectivity index is 1.48. The molecule has 94 valence electrons. The van der Waals surface area contributed by atoms with Crippen LogP contribution in [0.4, 0.5) is 0 Å². The molecule has 0 saturated carbocycles. The second-order valence-corrected chi connectivity index (χ2v) is 6.05. The lowest BCUT2D eigenvalue weighted by Crippen LogP contribution is -2.23. The number of hydrogen-bond acceptors (Lipinski definition) is 3. The molecule has 3 rings (SSSR count). The molecule has 2 aromatic rings. The third-order valence-corrected chi connectivity index (χ3v) is 4.49. The second kappa shape index (κ2) is 5.16. The minimum absolute atomic E-state index is 0.666. The van der Waals surface area contributed by atoms with Crippen molar-refractivity contribution in [3.05, 3.63) is 47.8 Å². The predicted molar refractivity (Wildman–Crippen MR) is 74.7 cm³/mol. The molecule has 1 unspecified atom stereocenters. The minimum atomic E-state index is 0.666. The Labute approximate surface area is 112 Å². The molecule has 1 aromatic heterocycles. The molecule has 0 saturated heterocycles. The molecule has 0 fully saturated rings. The summed E-state index contributed by atoms with van der Waals surface area (Å²) < 4.78 is 1.84. The highest BCUT2D eigenvalue weighted by molar-refractivity contribution is 8.00. The average Bonchev–Trinajstić information content (AvgIpc) is 2.95. The molecule has 0 aliphatic carbocycles. The van der Waals surface area contributed by atoms with E-state index in [1.807, 2.05) is 29.7 Å². The lowest BCUT2D eigenvalue weighted by Gasteiger charge is -2.08. The van der Waals surface area contributed by atoms with Crippen molar-refractivity contribution in [3.8, 4) is 0 Å². The zero-order chi connectivity index (χ0) is 12.4. The second-order valence-electron chi connectivity index (χ2n) is 4.70. The molecule has 3 nitrogen and oxygen atoms in total. The van der Waals surface area contributed by atoms with Crippen LogP contribution in [0.3, 0.4) is 0 Å². The van der Waals surface area contributed by atoms with Crippen LogP contribution >= 0.6 is 11.8 Å². The van der Waals surface area contributed by atoms with Crippen LogP contribution in [-0.2, 0) is 20.0 Å². The molecule has 1 aliphatic heterocycles. The van der Waals surface area contributed by atoms with Crippen LogP contribution in [-0.4, -0.2) is 21.6 Å².